The summed E-state index contributed by atoms with van der Waals surface area (Å²) in [5.41, 5.74) is 6.40. The number of carboxylic acid groups (broad SMARTS) is 1. The predicted molar refractivity (Wildman–Crippen MR) is 124 cm³/mol. The number of fused-ring (bicyclic) bond motifs is 1. The van der Waals surface area contributed by atoms with Crippen molar-refractivity contribution in [1.29, 1.82) is 5.26 Å². The van der Waals surface area contributed by atoms with Gasteiger partial charge in [0.25, 0.3) is 0 Å². The van der Waals surface area contributed by atoms with Crippen molar-refractivity contribution in [2.45, 2.75) is 65.5 Å². The number of nitriles is 1. The van der Waals surface area contributed by atoms with E-state index in [9.17, 15) is 15.2 Å². The van der Waals surface area contributed by atoms with E-state index in [2.05, 4.69) is 36.9 Å². The molecule has 1 amide bonds. The van der Waals surface area contributed by atoms with Crippen LogP contribution in [0.5, 0.6) is 0 Å². The van der Waals surface area contributed by atoms with Gasteiger partial charge in [-0.15, -0.1) is 0 Å². The van der Waals surface area contributed by atoms with E-state index in [1.54, 1.807) is 12.1 Å². The number of nitrogens with zero attached hydrogens (tertiary/aromatic N) is 3. The first-order valence-electron chi connectivity index (χ1n) is 11.4. The van der Waals surface area contributed by atoms with Gasteiger partial charge >= 0.3 is 6.09 Å². The lowest BCUT2D eigenvalue weighted by Crippen LogP contribution is -2.34. The van der Waals surface area contributed by atoms with E-state index in [1.165, 1.54) is 21.7 Å². The Labute approximate surface area is 185 Å². The van der Waals surface area contributed by atoms with Gasteiger partial charge in [0.2, 0.25) is 0 Å². The van der Waals surface area contributed by atoms with Gasteiger partial charge in [-0.05, 0) is 79.5 Å². The van der Waals surface area contributed by atoms with Gasteiger partial charge in [0.15, 0.2) is 0 Å². The number of anilines is 1. The van der Waals surface area contributed by atoms with Crippen LogP contribution in [0, 0.1) is 11.3 Å². The highest BCUT2D eigenvalue weighted by atomic mass is 16.4. The van der Waals surface area contributed by atoms with Crippen LogP contribution < -0.4 is 4.90 Å². The van der Waals surface area contributed by atoms with Crippen molar-refractivity contribution in [1.82, 2.24) is 4.90 Å². The van der Waals surface area contributed by atoms with E-state index in [0.29, 0.717) is 5.56 Å². The van der Waals surface area contributed by atoms with Crippen molar-refractivity contribution >= 4 is 11.8 Å². The van der Waals surface area contributed by atoms with Gasteiger partial charge in [0.1, 0.15) is 0 Å². The molecule has 2 aromatic rings. The molecule has 0 radical (unpaired) electrons. The third-order valence-corrected chi connectivity index (χ3v) is 6.14. The Morgan fingerprint density at radius 1 is 1.13 bits per heavy atom. The number of amides is 1. The summed E-state index contributed by atoms with van der Waals surface area (Å²) in [6.45, 7) is 8.53. The van der Waals surface area contributed by atoms with Crippen LogP contribution in [0.25, 0.3) is 0 Å². The maximum Gasteiger partial charge on any atom is 0.408 e. The summed E-state index contributed by atoms with van der Waals surface area (Å²) in [7, 11) is 0. The van der Waals surface area contributed by atoms with E-state index in [0.717, 1.165) is 56.3 Å². The quantitative estimate of drug-likeness (QED) is 0.548. The Kier molecular flexibility index (Phi) is 7.57. The third-order valence-electron chi connectivity index (χ3n) is 6.14. The van der Waals surface area contributed by atoms with Crippen molar-refractivity contribution in [3.63, 3.8) is 0 Å². The fourth-order valence-electron chi connectivity index (χ4n) is 4.61. The Morgan fingerprint density at radius 2 is 1.81 bits per heavy atom. The molecule has 1 N–H and O–H groups in total. The van der Waals surface area contributed by atoms with Crippen LogP contribution in [-0.2, 0) is 19.4 Å². The molecule has 5 nitrogen and oxygen atoms in total. The van der Waals surface area contributed by atoms with Crippen LogP contribution in [0.1, 0.15) is 73.9 Å². The van der Waals surface area contributed by atoms with Gasteiger partial charge in [0, 0.05) is 25.3 Å². The largest absolute Gasteiger partial charge is 0.465 e. The topological polar surface area (TPSA) is 67.6 Å². The zero-order valence-corrected chi connectivity index (χ0v) is 18.9. The molecule has 0 spiro atoms. The average molecular weight is 420 g/mol. The minimum Gasteiger partial charge on any atom is -0.465 e. The van der Waals surface area contributed by atoms with Crippen molar-refractivity contribution in [2.75, 3.05) is 18.0 Å². The molecular weight excluding hydrogens is 386 g/mol. The molecule has 0 heterocycles. The van der Waals surface area contributed by atoms with Gasteiger partial charge in [-0.25, -0.2) is 4.79 Å². The lowest BCUT2D eigenvalue weighted by atomic mass is 9.97. The SMILES string of the molecule is CCCN(CCC)c1cc2c(cc1C(C)N(Cc1cccc(C#N)c1)C(=O)O)CCC2. The summed E-state index contributed by atoms with van der Waals surface area (Å²) in [4.78, 5) is 16.2. The maximum absolute atomic E-state index is 12.3. The summed E-state index contributed by atoms with van der Waals surface area (Å²) in [5.74, 6) is 0. The smallest absolute Gasteiger partial charge is 0.408 e. The molecule has 0 aromatic heterocycles. The summed E-state index contributed by atoms with van der Waals surface area (Å²) >= 11 is 0. The van der Waals surface area contributed by atoms with Gasteiger partial charge < -0.3 is 10.0 Å². The minimum absolute atomic E-state index is 0.254. The van der Waals surface area contributed by atoms with Crippen LogP contribution in [0.2, 0.25) is 0 Å². The number of aryl methyl sites for hydroxylation is 2. The average Bonchev–Trinajstić information content (AvgIpc) is 3.23. The highest BCUT2D eigenvalue weighted by Crippen LogP contribution is 2.37. The Balaban J connectivity index is 2.01. The Morgan fingerprint density at radius 3 is 2.42 bits per heavy atom. The van der Waals surface area contributed by atoms with Crippen molar-refractivity contribution in [2.24, 2.45) is 0 Å². The monoisotopic (exact) mass is 419 g/mol. The number of rotatable bonds is 9. The van der Waals surface area contributed by atoms with E-state index in [1.807, 2.05) is 19.1 Å². The summed E-state index contributed by atoms with van der Waals surface area (Å²) < 4.78 is 0. The first kappa shape index (κ1) is 22.7. The molecule has 3 rings (SSSR count). The lowest BCUT2D eigenvalue weighted by Gasteiger charge is -2.33. The zero-order chi connectivity index (χ0) is 22.4. The highest BCUT2D eigenvalue weighted by molar-refractivity contribution is 5.68. The second-order valence-electron chi connectivity index (χ2n) is 8.42. The van der Waals surface area contributed by atoms with Gasteiger partial charge in [-0.3, -0.25) is 4.90 Å². The van der Waals surface area contributed by atoms with Crippen LogP contribution in [-0.4, -0.2) is 29.2 Å². The molecule has 0 fully saturated rings. The molecule has 1 atom stereocenters. The first-order chi connectivity index (χ1) is 15.0. The fraction of sp³-hybridized carbons (Fsp3) is 0.462. The van der Waals surface area contributed by atoms with Gasteiger partial charge in [0.05, 0.1) is 17.7 Å². The number of hydrogen-bond acceptors (Lipinski definition) is 3. The van der Waals surface area contributed by atoms with Crippen LogP contribution in [0.3, 0.4) is 0 Å². The molecule has 0 saturated heterocycles. The molecule has 0 aliphatic heterocycles. The van der Waals surface area contributed by atoms with E-state index >= 15 is 0 Å². The molecular formula is C26H33N3O2. The molecule has 1 aliphatic carbocycles. The van der Waals surface area contributed by atoms with Crippen LogP contribution in [0.15, 0.2) is 36.4 Å². The summed E-state index contributed by atoms with van der Waals surface area (Å²) in [5, 5.41) is 19.3. The van der Waals surface area contributed by atoms with Gasteiger partial charge in [-0.2, -0.15) is 5.26 Å². The lowest BCUT2D eigenvalue weighted by molar-refractivity contribution is 0.124. The molecule has 0 bridgehead atoms. The second-order valence-corrected chi connectivity index (χ2v) is 8.42. The molecule has 0 saturated carbocycles. The minimum atomic E-state index is -0.946. The van der Waals surface area contributed by atoms with Gasteiger partial charge in [-0.1, -0.05) is 32.0 Å². The molecule has 1 aliphatic rings. The predicted octanol–water partition coefficient (Wildman–Crippen LogP) is 5.91. The Bertz CT molecular complexity index is 958. The summed E-state index contributed by atoms with van der Waals surface area (Å²) in [6, 6.07) is 13.6. The number of benzene rings is 2. The van der Waals surface area contributed by atoms with E-state index in [-0.39, 0.29) is 12.6 Å². The normalized spacial score (nSPS) is 13.4. The number of carbonyl (C=O) groups is 1. The van der Waals surface area contributed by atoms with E-state index < -0.39 is 6.09 Å². The van der Waals surface area contributed by atoms with Crippen molar-refractivity contribution < 1.29 is 9.90 Å². The standard InChI is InChI=1S/C26H33N3O2/c1-4-12-28(13-5-2)25-16-23-11-7-10-22(23)15-24(25)19(3)29(26(30)31)18-21-9-6-8-20(14-21)17-27/h6,8-9,14-16,19H,4-5,7,10-13,18H2,1-3H3,(H,30,31). The zero-order valence-electron chi connectivity index (χ0n) is 18.9. The third kappa shape index (κ3) is 5.19. The maximum atomic E-state index is 12.3. The highest BCUT2D eigenvalue weighted by Gasteiger charge is 2.27. The molecule has 1 unspecified atom stereocenters. The Hall–Kier alpha value is -3.00. The van der Waals surface area contributed by atoms with E-state index in [4.69, 9.17) is 0 Å². The van der Waals surface area contributed by atoms with Crippen molar-refractivity contribution in [3.05, 3.63) is 64.2 Å². The van der Waals surface area contributed by atoms with Crippen LogP contribution in [0.4, 0.5) is 10.5 Å². The molecule has 5 heteroatoms. The van der Waals surface area contributed by atoms with Crippen molar-refractivity contribution in [3.8, 4) is 6.07 Å². The molecule has 164 valence electrons. The molecule has 2 aromatic carbocycles. The summed E-state index contributed by atoms with van der Waals surface area (Å²) in [6.07, 6.45) is 4.49. The number of hydrogen-bond donors (Lipinski definition) is 1. The molecule has 31 heavy (non-hydrogen) atoms. The fourth-order valence-corrected chi connectivity index (χ4v) is 4.61. The second kappa shape index (κ2) is 10.3. The van der Waals surface area contributed by atoms with Crippen LogP contribution >= 0.6 is 0 Å². The first-order valence-corrected chi connectivity index (χ1v) is 11.4.